The van der Waals surface area contributed by atoms with E-state index in [2.05, 4.69) is 15.7 Å². The zero-order valence-electron chi connectivity index (χ0n) is 17.1. The van der Waals surface area contributed by atoms with E-state index < -0.39 is 0 Å². The molecule has 0 radical (unpaired) electrons. The number of likely N-dealkylation sites (tertiary alicyclic amines) is 1. The molecular weight excluding hydrogens is 384 g/mol. The molecule has 0 spiro atoms. The second-order valence-corrected chi connectivity index (χ2v) is 7.92. The summed E-state index contributed by atoms with van der Waals surface area (Å²) >= 11 is 0. The summed E-state index contributed by atoms with van der Waals surface area (Å²) in [7, 11) is 0. The van der Waals surface area contributed by atoms with E-state index in [-0.39, 0.29) is 24.2 Å². The first-order chi connectivity index (χ1) is 14.6. The number of aromatic nitrogens is 3. The van der Waals surface area contributed by atoms with Crippen molar-refractivity contribution in [3.63, 3.8) is 0 Å². The van der Waals surface area contributed by atoms with E-state index in [1.807, 2.05) is 24.3 Å². The monoisotopic (exact) mass is 412 g/mol. The van der Waals surface area contributed by atoms with Crippen LogP contribution in [-0.2, 0) is 30.8 Å². The van der Waals surface area contributed by atoms with E-state index in [1.165, 1.54) is 4.68 Å². The molecule has 4 rings (SSSR count). The highest BCUT2D eigenvalue weighted by Gasteiger charge is 2.18. The SMILES string of the molecule is O=C(Cn1nc2n(c1=O)CCCCC2)NCc1cccc(NC(=O)N2CCCC2)c1. The highest BCUT2D eigenvalue weighted by molar-refractivity contribution is 5.89. The Kier molecular flexibility index (Phi) is 6.15. The fourth-order valence-electron chi connectivity index (χ4n) is 4.00. The van der Waals surface area contributed by atoms with Gasteiger partial charge in [-0.1, -0.05) is 18.6 Å². The van der Waals surface area contributed by atoms with Crippen LogP contribution in [0.4, 0.5) is 10.5 Å². The number of benzene rings is 1. The lowest BCUT2D eigenvalue weighted by Crippen LogP contribution is -2.33. The first-order valence-corrected chi connectivity index (χ1v) is 10.7. The van der Waals surface area contributed by atoms with Crippen molar-refractivity contribution in [3.8, 4) is 0 Å². The molecule has 0 saturated carbocycles. The number of amides is 3. The molecule has 0 atom stereocenters. The van der Waals surface area contributed by atoms with Gasteiger partial charge in [-0.05, 0) is 43.4 Å². The molecule has 160 valence electrons. The predicted octanol–water partition coefficient (Wildman–Crippen LogP) is 1.72. The number of anilines is 1. The first-order valence-electron chi connectivity index (χ1n) is 10.7. The maximum atomic E-state index is 12.5. The third-order valence-electron chi connectivity index (χ3n) is 5.64. The number of fused-ring (bicyclic) bond motifs is 1. The Bertz CT molecular complexity index is 973. The molecule has 2 aliphatic rings. The van der Waals surface area contributed by atoms with E-state index in [0.717, 1.165) is 63.0 Å². The van der Waals surface area contributed by atoms with Gasteiger partial charge in [-0.15, -0.1) is 0 Å². The van der Waals surface area contributed by atoms with Gasteiger partial charge in [0.2, 0.25) is 5.91 Å². The molecule has 3 amide bonds. The molecule has 1 fully saturated rings. The van der Waals surface area contributed by atoms with Gasteiger partial charge in [-0.2, -0.15) is 5.10 Å². The Morgan fingerprint density at radius 1 is 1.03 bits per heavy atom. The summed E-state index contributed by atoms with van der Waals surface area (Å²) in [5, 5.41) is 10.1. The second kappa shape index (κ2) is 9.15. The minimum atomic E-state index is -0.267. The van der Waals surface area contributed by atoms with E-state index in [0.29, 0.717) is 18.8 Å². The maximum Gasteiger partial charge on any atom is 0.346 e. The standard InChI is InChI=1S/C21H28N6O3/c28-19(15-27-21(30)26-12-3-1-2-9-18(26)24-27)22-14-16-7-6-8-17(13-16)23-20(29)25-10-4-5-11-25/h6-8,13H,1-5,9-12,14-15H2,(H,22,28)(H,23,29). The summed E-state index contributed by atoms with van der Waals surface area (Å²) in [6, 6.07) is 7.32. The predicted molar refractivity (Wildman–Crippen MR) is 112 cm³/mol. The Morgan fingerprint density at radius 2 is 1.83 bits per heavy atom. The van der Waals surface area contributed by atoms with Crippen LogP contribution in [0, 0.1) is 0 Å². The van der Waals surface area contributed by atoms with Gasteiger partial charge in [0.05, 0.1) is 0 Å². The number of aryl methyl sites for hydroxylation is 1. The van der Waals surface area contributed by atoms with Crippen molar-refractivity contribution in [2.24, 2.45) is 0 Å². The molecule has 3 heterocycles. The number of hydrogen-bond donors (Lipinski definition) is 2. The van der Waals surface area contributed by atoms with Gasteiger partial charge in [-0.25, -0.2) is 14.3 Å². The number of nitrogens with zero attached hydrogens (tertiary/aromatic N) is 4. The zero-order chi connectivity index (χ0) is 20.9. The molecule has 9 heteroatoms. The summed E-state index contributed by atoms with van der Waals surface area (Å²) in [6.45, 7) is 2.47. The molecule has 1 aromatic heterocycles. The molecule has 30 heavy (non-hydrogen) atoms. The van der Waals surface area contributed by atoms with Crippen molar-refractivity contribution in [3.05, 3.63) is 46.1 Å². The third-order valence-corrected chi connectivity index (χ3v) is 5.64. The number of carbonyl (C=O) groups is 2. The largest absolute Gasteiger partial charge is 0.350 e. The molecule has 2 aliphatic heterocycles. The lowest BCUT2D eigenvalue weighted by Gasteiger charge is -2.16. The van der Waals surface area contributed by atoms with E-state index in [4.69, 9.17) is 0 Å². The molecule has 0 aliphatic carbocycles. The van der Waals surface area contributed by atoms with Crippen molar-refractivity contribution in [2.75, 3.05) is 18.4 Å². The fourth-order valence-corrected chi connectivity index (χ4v) is 4.00. The Balaban J connectivity index is 1.32. The van der Waals surface area contributed by atoms with Gasteiger partial charge >= 0.3 is 11.7 Å². The lowest BCUT2D eigenvalue weighted by molar-refractivity contribution is -0.122. The van der Waals surface area contributed by atoms with Crippen LogP contribution in [0.1, 0.15) is 43.5 Å². The van der Waals surface area contributed by atoms with Crippen molar-refractivity contribution >= 4 is 17.6 Å². The minimum Gasteiger partial charge on any atom is -0.350 e. The molecule has 1 saturated heterocycles. The van der Waals surface area contributed by atoms with Crippen LogP contribution in [0.5, 0.6) is 0 Å². The zero-order valence-corrected chi connectivity index (χ0v) is 17.1. The van der Waals surface area contributed by atoms with Crippen molar-refractivity contribution < 1.29 is 9.59 Å². The molecule has 2 N–H and O–H groups in total. The number of hydrogen-bond acceptors (Lipinski definition) is 4. The quantitative estimate of drug-likeness (QED) is 0.781. The molecule has 9 nitrogen and oxygen atoms in total. The third kappa shape index (κ3) is 4.72. The summed E-state index contributed by atoms with van der Waals surface area (Å²) < 4.78 is 2.94. The molecule has 1 aromatic carbocycles. The van der Waals surface area contributed by atoms with E-state index in [9.17, 15) is 14.4 Å². The van der Waals surface area contributed by atoms with Gasteiger partial charge < -0.3 is 15.5 Å². The number of urea groups is 1. The smallest absolute Gasteiger partial charge is 0.346 e. The summed E-state index contributed by atoms with van der Waals surface area (Å²) in [6.07, 6.45) is 5.95. The molecule has 0 bridgehead atoms. The van der Waals surface area contributed by atoms with Gasteiger partial charge in [-0.3, -0.25) is 9.36 Å². The summed E-state index contributed by atoms with van der Waals surface area (Å²) in [5.41, 5.74) is 1.36. The molecular formula is C21H28N6O3. The highest BCUT2D eigenvalue weighted by Crippen LogP contribution is 2.14. The van der Waals surface area contributed by atoms with Gasteiger partial charge in [0.1, 0.15) is 12.4 Å². The summed E-state index contributed by atoms with van der Waals surface area (Å²) in [5.74, 6) is 0.503. The Morgan fingerprint density at radius 3 is 2.67 bits per heavy atom. The van der Waals surface area contributed by atoms with Crippen LogP contribution in [-0.4, -0.2) is 44.3 Å². The highest BCUT2D eigenvalue weighted by atomic mass is 16.2. The molecule has 0 unspecified atom stereocenters. The van der Waals surface area contributed by atoms with Crippen molar-refractivity contribution in [1.82, 2.24) is 24.6 Å². The van der Waals surface area contributed by atoms with E-state index >= 15 is 0 Å². The number of rotatable bonds is 5. The summed E-state index contributed by atoms with van der Waals surface area (Å²) in [4.78, 5) is 38.9. The second-order valence-electron chi connectivity index (χ2n) is 7.92. The average Bonchev–Trinajstić information content (AvgIpc) is 3.30. The van der Waals surface area contributed by atoms with Gasteiger partial charge in [0, 0.05) is 38.3 Å². The normalized spacial score (nSPS) is 16.1. The Labute approximate surface area is 175 Å². The molecule has 2 aromatic rings. The van der Waals surface area contributed by atoms with Crippen molar-refractivity contribution in [1.29, 1.82) is 0 Å². The van der Waals surface area contributed by atoms with Crippen LogP contribution in [0.15, 0.2) is 29.1 Å². The first kappa shape index (κ1) is 20.2. The van der Waals surface area contributed by atoms with Gasteiger partial charge in [0.25, 0.3) is 0 Å². The van der Waals surface area contributed by atoms with Crippen molar-refractivity contribution in [2.45, 2.75) is 58.2 Å². The maximum absolute atomic E-state index is 12.5. The van der Waals surface area contributed by atoms with Crippen LogP contribution < -0.4 is 16.3 Å². The van der Waals surface area contributed by atoms with E-state index in [1.54, 1.807) is 9.47 Å². The van der Waals surface area contributed by atoms with Gasteiger partial charge in [0.15, 0.2) is 0 Å². The average molecular weight is 412 g/mol. The fraction of sp³-hybridized carbons (Fsp3) is 0.524. The number of nitrogens with one attached hydrogen (secondary N) is 2. The Hall–Kier alpha value is -3.10. The lowest BCUT2D eigenvalue weighted by atomic mass is 10.2. The van der Waals surface area contributed by atoms with Crippen LogP contribution in [0.3, 0.4) is 0 Å². The van der Waals surface area contributed by atoms with Crippen LogP contribution >= 0.6 is 0 Å². The minimum absolute atomic E-state index is 0.0902. The van der Waals surface area contributed by atoms with Crippen LogP contribution in [0.2, 0.25) is 0 Å². The number of carbonyl (C=O) groups excluding carboxylic acids is 2. The topological polar surface area (TPSA) is 101 Å². The van der Waals surface area contributed by atoms with Crippen LogP contribution in [0.25, 0.3) is 0 Å².